The lowest BCUT2D eigenvalue weighted by atomic mass is 9.94. The normalized spacial score (nSPS) is 12.7. The molecule has 1 aromatic carbocycles. The molecular weight excluding hydrogens is 347 g/mol. The molecule has 27 heavy (non-hydrogen) atoms. The molecule has 6 heteroatoms. The lowest BCUT2D eigenvalue weighted by molar-refractivity contribution is 0.0526. The van der Waals surface area contributed by atoms with Crippen LogP contribution in [0, 0.1) is 12.7 Å². The number of Topliss-reactive ketones (excluding diaryl/α,β-unsaturated/α-hetero) is 1. The molecule has 0 amide bonds. The summed E-state index contributed by atoms with van der Waals surface area (Å²) in [6.45, 7) is 7.76. The maximum Gasteiger partial charge on any atom is 0.342 e. The highest BCUT2D eigenvalue weighted by Crippen LogP contribution is 2.35. The summed E-state index contributed by atoms with van der Waals surface area (Å²) in [5.74, 6) is -0.530. The van der Waals surface area contributed by atoms with Gasteiger partial charge in [-0.05, 0) is 49.9 Å². The Morgan fingerprint density at radius 2 is 2.00 bits per heavy atom. The van der Waals surface area contributed by atoms with Crippen LogP contribution >= 0.6 is 0 Å². The average molecular weight is 374 g/mol. The minimum atomic E-state index is -0.496. The van der Waals surface area contributed by atoms with Gasteiger partial charge in [0.1, 0.15) is 17.2 Å². The Kier molecular flexibility index (Phi) is 6.77. The summed E-state index contributed by atoms with van der Waals surface area (Å²) in [4.78, 5) is 24.8. The number of rotatable bonds is 4. The van der Waals surface area contributed by atoms with Crippen molar-refractivity contribution in [3.63, 3.8) is 0 Å². The van der Waals surface area contributed by atoms with E-state index in [4.69, 9.17) is 4.74 Å². The van der Waals surface area contributed by atoms with Gasteiger partial charge in [-0.3, -0.25) is 4.79 Å². The van der Waals surface area contributed by atoms with Gasteiger partial charge < -0.3 is 14.6 Å². The van der Waals surface area contributed by atoms with Crippen molar-refractivity contribution in [3.05, 3.63) is 46.4 Å². The van der Waals surface area contributed by atoms with Gasteiger partial charge in [0.2, 0.25) is 0 Å². The number of halogens is 1. The number of carbonyl (C=O) groups is 2. The molecule has 1 aliphatic carbocycles. The summed E-state index contributed by atoms with van der Waals surface area (Å²) in [6.07, 6.45) is 1.77. The van der Waals surface area contributed by atoms with Gasteiger partial charge in [-0.25, -0.2) is 9.18 Å². The Bertz CT molecular complexity index is 856. The molecule has 2 aromatic rings. The van der Waals surface area contributed by atoms with Crippen LogP contribution in [0.5, 0.6) is 0 Å². The molecule has 5 nitrogen and oxygen atoms in total. The smallest absolute Gasteiger partial charge is 0.342 e. The Hall–Kier alpha value is -2.63. The van der Waals surface area contributed by atoms with Crippen molar-refractivity contribution in [2.45, 2.75) is 47.0 Å². The lowest BCUT2D eigenvalue weighted by Gasteiger charge is -2.13. The van der Waals surface area contributed by atoms with Crippen molar-refractivity contribution in [1.29, 1.82) is 0 Å². The van der Waals surface area contributed by atoms with E-state index in [0.717, 1.165) is 5.56 Å². The van der Waals surface area contributed by atoms with Gasteiger partial charge in [0, 0.05) is 13.5 Å². The molecule has 1 aromatic heterocycles. The number of carbonyl (C=O) groups excluding carboxylic acids is 2. The predicted octanol–water partition coefficient (Wildman–Crippen LogP) is 4.94. The van der Waals surface area contributed by atoms with Crippen LogP contribution in [0.1, 0.15) is 65.6 Å². The number of ether oxygens (including phenoxy) is 1. The molecule has 1 heterocycles. The number of hydrogen-bond acceptors (Lipinski definition) is 4. The minimum Gasteiger partial charge on any atom is -0.462 e. The van der Waals surface area contributed by atoms with Crippen LogP contribution in [0.15, 0.2) is 18.2 Å². The molecule has 0 saturated heterocycles. The van der Waals surface area contributed by atoms with E-state index in [2.05, 4.69) is 5.32 Å². The summed E-state index contributed by atoms with van der Waals surface area (Å²) in [7, 11) is 1.71. The fraction of sp³-hybridized carbons (Fsp3) is 0.429. The van der Waals surface area contributed by atoms with E-state index in [1.54, 1.807) is 37.6 Å². The molecule has 0 atom stereocenters. The SMILES string of the molecule is CC.CCOC(=O)c1c2c(n(C)c1Nc1ccc(C)cc1F)C(=O)CCC2. The maximum absolute atomic E-state index is 14.3. The second kappa shape index (κ2) is 8.84. The van der Waals surface area contributed by atoms with Gasteiger partial charge in [-0.15, -0.1) is 0 Å². The van der Waals surface area contributed by atoms with Crippen molar-refractivity contribution < 1.29 is 18.7 Å². The van der Waals surface area contributed by atoms with Crippen molar-refractivity contribution in [1.82, 2.24) is 4.57 Å². The fourth-order valence-corrected chi connectivity index (χ4v) is 3.30. The van der Waals surface area contributed by atoms with Gasteiger partial charge in [-0.2, -0.15) is 0 Å². The first-order valence-corrected chi connectivity index (χ1v) is 9.39. The molecule has 0 unspecified atom stereocenters. The third-order valence-corrected chi connectivity index (χ3v) is 4.45. The molecule has 3 rings (SSSR count). The molecule has 0 saturated carbocycles. The second-order valence-corrected chi connectivity index (χ2v) is 6.22. The summed E-state index contributed by atoms with van der Waals surface area (Å²) in [5, 5.41) is 2.99. The van der Waals surface area contributed by atoms with Crippen molar-refractivity contribution in [3.8, 4) is 0 Å². The molecule has 1 aliphatic rings. The molecular formula is C21H27FN2O3. The molecule has 0 radical (unpaired) electrons. The molecule has 0 bridgehead atoms. The summed E-state index contributed by atoms with van der Waals surface area (Å²) >= 11 is 0. The number of nitrogens with zero attached hydrogens (tertiary/aromatic N) is 1. The highest BCUT2D eigenvalue weighted by Gasteiger charge is 2.32. The Labute approximate surface area is 159 Å². The number of aryl methyl sites for hydroxylation is 1. The number of anilines is 2. The van der Waals surface area contributed by atoms with Crippen LogP contribution in [0.2, 0.25) is 0 Å². The van der Waals surface area contributed by atoms with E-state index >= 15 is 0 Å². The first-order chi connectivity index (χ1) is 12.9. The Morgan fingerprint density at radius 3 is 2.63 bits per heavy atom. The van der Waals surface area contributed by atoms with E-state index in [1.807, 2.05) is 13.8 Å². The number of esters is 1. The highest BCUT2D eigenvalue weighted by atomic mass is 19.1. The number of fused-ring (bicyclic) bond motifs is 1. The summed E-state index contributed by atoms with van der Waals surface area (Å²) < 4.78 is 21.1. The standard InChI is InChI=1S/C19H21FN2O3.C2H6/c1-4-25-19(24)16-12-6-5-7-15(23)17(12)22(3)18(16)21-14-9-8-11(2)10-13(14)20;1-2/h8-10,21H,4-7H2,1-3H3;1-2H3. The second-order valence-electron chi connectivity index (χ2n) is 6.22. The van der Waals surface area contributed by atoms with Crippen LogP contribution < -0.4 is 5.32 Å². The predicted molar refractivity (Wildman–Crippen MR) is 104 cm³/mol. The van der Waals surface area contributed by atoms with Crippen LogP contribution in [0.25, 0.3) is 0 Å². The Balaban J connectivity index is 0.00000126. The van der Waals surface area contributed by atoms with Crippen molar-refractivity contribution in [2.75, 3.05) is 11.9 Å². The van der Waals surface area contributed by atoms with Gasteiger partial charge in [0.15, 0.2) is 5.78 Å². The van der Waals surface area contributed by atoms with Crippen LogP contribution in [-0.4, -0.2) is 22.9 Å². The van der Waals surface area contributed by atoms with E-state index in [0.29, 0.717) is 41.9 Å². The van der Waals surface area contributed by atoms with E-state index in [1.165, 1.54) is 6.07 Å². The van der Waals surface area contributed by atoms with Crippen molar-refractivity contribution in [2.24, 2.45) is 7.05 Å². The summed E-state index contributed by atoms with van der Waals surface area (Å²) in [5.41, 5.74) is 2.57. The zero-order valence-electron chi connectivity index (χ0n) is 16.6. The Morgan fingerprint density at radius 1 is 1.30 bits per heavy atom. The fourth-order valence-electron chi connectivity index (χ4n) is 3.30. The molecule has 0 fully saturated rings. The highest BCUT2D eigenvalue weighted by molar-refractivity contribution is 6.06. The molecule has 1 N–H and O–H groups in total. The van der Waals surface area contributed by atoms with Crippen molar-refractivity contribution >= 4 is 23.3 Å². The number of aromatic nitrogens is 1. The van der Waals surface area contributed by atoms with Gasteiger partial charge in [0.05, 0.1) is 18.0 Å². The quantitative estimate of drug-likeness (QED) is 0.770. The number of hydrogen-bond donors (Lipinski definition) is 1. The summed E-state index contributed by atoms with van der Waals surface area (Å²) in [6, 6.07) is 4.82. The van der Waals surface area contributed by atoms with Crippen LogP contribution in [0.3, 0.4) is 0 Å². The van der Waals surface area contributed by atoms with Crippen LogP contribution in [0.4, 0.5) is 15.9 Å². The maximum atomic E-state index is 14.3. The topological polar surface area (TPSA) is 60.3 Å². The van der Waals surface area contributed by atoms with E-state index in [9.17, 15) is 14.0 Å². The van der Waals surface area contributed by atoms with E-state index in [-0.39, 0.29) is 18.1 Å². The van der Waals surface area contributed by atoms with Crippen LogP contribution in [-0.2, 0) is 18.2 Å². The molecule has 146 valence electrons. The number of benzene rings is 1. The van der Waals surface area contributed by atoms with E-state index < -0.39 is 11.8 Å². The average Bonchev–Trinajstić information content (AvgIpc) is 2.92. The first kappa shape index (κ1) is 20.7. The molecule has 0 spiro atoms. The zero-order chi connectivity index (χ0) is 20.1. The third kappa shape index (κ3) is 4.04. The largest absolute Gasteiger partial charge is 0.462 e. The lowest BCUT2D eigenvalue weighted by Crippen LogP contribution is -2.15. The van der Waals surface area contributed by atoms with Gasteiger partial charge in [0.25, 0.3) is 0 Å². The van der Waals surface area contributed by atoms with Gasteiger partial charge in [-0.1, -0.05) is 19.9 Å². The monoisotopic (exact) mass is 374 g/mol. The first-order valence-electron chi connectivity index (χ1n) is 9.39. The van der Waals surface area contributed by atoms with Gasteiger partial charge >= 0.3 is 5.97 Å². The number of ketones is 1. The zero-order valence-corrected chi connectivity index (χ0v) is 16.6. The minimum absolute atomic E-state index is 0.00766. The number of nitrogens with one attached hydrogen (secondary N) is 1. The molecule has 0 aliphatic heterocycles. The third-order valence-electron chi connectivity index (χ3n) is 4.45.